The van der Waals surface area contributed by atoms with Crippen LogP contribution >= 0.6 is 15.9 Å². The molecule has 4 rings (SSSR count). The van der Waals surface area contributed by atoms with Crippen LogP contribution in [0.4, 0.5) is 0 Å². The highest BCUT2D eigenvalue weighted by molar-refractivity contribution is 9.10. The van der Waals surface area contributed by atoms with Gasteiger partial charge >= 0.3 is 0 Å². The van der Waals surface area contributed by atoms with Crippen molar-refractivity contribution in [3.63, 3.8) is 0 Å². The SMILES string of the molecule is Brc1ccc2ncccc2c1.c1ccc2ncccc2c1. The van der Waals surface area contributed by atoms with Crippen LogP contribution in [-0.2, 0) is 0 Å². The maximum absolute atomic E-state index is 4.20. The Morgan fingerprint density at radius 2 is 1.24 bits per heavy atom. The fourth-order valence-corrected chi connectivity index (χ4v) is 2.44. The highest BCUT2D eigenvalue weighted by atomic mass is 79.9. The average molecular weight is 337 g/mol. The van der Waals surface area contributed by atoms with Crippen LogP contribution in [0.25, 0.3) is 21.8 Å². The molecular weight excluding hydrogens is 324 g/mol. The lowest BCUT2D eigenvalue weighted by molar-refractivity contribution is 1.41. The molecule has 0 saturated heterocycles. The summed E-state index contributed by atoms with van der Waals surface area (Å²) in [6.07, 6.45) is 3.61. The third kappa shape index (κ3) is 3.44. The fourth-order valence-electron chi connectivity index (χ4n) is 2.06. The van der Waals surface area contributed by atoms with Crippen LogP contribution in [0.15, 0.2) is 83.6 Å². The second-order valence-electron chi connectivity index (χ2n) is 4.54. The first kappa shape index (κ1) is 13.7. The maximum atomic E-state index is 4.20. The van der Waals surface area contributed by atoms with Gasteiger partial charge in [-0.15, -0.1) is 0 Å². The van der Waals surface area contributed by atoms with Gasteiger partial charge in [0.2, 0.25) is 0 Å². The Labute approximate surface area is 131 Å². The maximum Gasteiger partial charge on any atom is 0.0702 e. The van der Waals surface area contributed by atoms with E-state index in [0.29, 0.717) is 0 Å². The minimum Gasteiger partial charge on any atom is -0.256 e. The first-order chi connectivity index (χ1) is 10.3. The molecule has 0 unspecified atom stereocenters. The van der Waals surface area contributed by atoms with Crippen LogP contribution in [-0.4, -0.2) is 9.97 Å². The predicted octanol–water partition coefficient (Wildman–Crippen LogP) is 5.23. The van der Waals surface area contributed by atoms with Gasteiger partial charge in [0.15, 0.2) is 0 Å². The van der Waals surface area contributed by atoms with Crippen molar-refractivity contribution in [2.24, 2.45) is 0 Å². The standard InChI is InChI=1S/C9H6BrN.C9H7N/c10-8-3-4-9-7(6-8)2-1-5-11-9;1-2-6-9-8(4-1)5-3-7-10-9/h1-6H;1-7H. The molecule has 0 radical (unpaired) electrons. The molecule has 3 heteroatoms. The van der Waals surface area contributed by atoms with Crippen molar-refractivity contribution in [3.8, 4) is 0 Å². The molecule has 0 fully saturated rings. The van der Waals surface area contributed by atoms with E-state index >= 15 is 0 Å². The summed E-state index contributed by atoms with van der Waals surface area (Å²) in [6, 6.07) is 22.1. The Kier molecular flexibility index (Phi) is 4.22. The highest BCUT2D eigenvalue weighted by Crippen LogP contribution is 2.16. The smallest absolute Gasteiger partial charge is 0.0702 e. The number of pyridine rings is 2. The minimum atomic E-state index is 1.04. The van der Waals surface area contributed by atoms with E-state index in [9.17, 15) is 0 Å². The van der Waals surface area contributed by atoms with Crippen LogP contribution < -0.4 is 0 Å². The van der Waals surface area contributed by atoms with Gasteiger partial charge in [0.25, 0.3) is 0 Å². The van der Waals surface area contributed by atoms with Crippen molar-refractivity contribution in [2.75, 3.05) is 0 Å². The predicted molar refractivity (Wildman–Crippen MR) is 91.2 cm³/mol. The number of para-hydroxylation sites is 1. The third-order valence-electron chi connectivity index (χ3n) is 3.08. The van der Waals surface area contributed by atoms with E-state index in [1.807, 2.05) is 54.7 Å². The van der Waals surface area contributed by atoms with Crippen LogP contribution in [0.2, 0.25) is 0 Å². The molecule has 4 aromatic rings. The van der Waals surface area contributed by atoms with Gasteiger partial charge in [-0.1, -0.05) is 46.3 Å². The molecule has 0 aliphatic carbocycles. The normalized spacial score (nSPS) is 10.1. The molecule has 0 aliphatic heterocycles. The summed E-state index contributed by atoms with van der Waals surface area (Å²) < 4.78 is 1.10. The molecule has 0 amide bonds. The molecule has 21 heavy (non-hydrogen) atoms. The van der Waals surface area contributed by atoms with E-state index in [0.717, 1.165) is 15.5 Å². The van der Waals surface area contributed by atoms with Crippen molar-refractivity contribution in [2.45, 2.75) is 0 Å². The number of fused-ring (bicyclic) bond motifs is 2. The lowest BCUT2D eigenvalue weighted by Gasteiger charge is -1.94. The summed E-state index contributed by atoms with van der Waals surface area (Å²) >= 11 is 3.40. The van der Waals surface area contributed by atoms with E-state index in [1.54, 1.807) is 6.20 Å². The first-order valence-corrected chi connectivity index (χ1v) is 7.42. The van der Waals surface area contributed by atoms with Gasteiger partial charge in [-0.25, -0.2) is 0 Å². The van der Waals surface area contributed by atoms with Gasteiger partial charge in [0.05, 0.1) is 11.0 Å². The topological polar surface area (TPSA) is 25.8 Å². The van der Waals surface area contributed by atoms with Gasteiger partial charge < -0.3 is 0 Å². The molecule has 0 atom stereocenters. The van der Waals surface area contributed by atoms with Gasteiger partial charge in [0, 0.05) is 27.6 Å². The molecule has 0 saturated carbocycles. The second-order valence-corrected chi connectivity index (χ2v) is 5.45. The van der Waals surface area contributed by atoms with Crippen molar-refractivity contribution in [3.05, 3.63) is 83.6 Å². The van der Waals surface area contributed by atoms with Gasteiger partial charge in [-0.2, -0.15) is 0 Å². The van der Waals surface area contributed by atoms with Crippen molar-refractivity contribution in [1.82, 2.24) is 9.97 Å². The van der Waals surface area contributed by atoms with E-state index in [2.05, 4.69) is 44.1 Å². The average Bonchev–Trinajstić information content (AvgIpc) is 2.55. The van der Waals surface area contributed by atoms with Crippen molar-refractivity contribution in [1.29, 1.82) is 0 Å². The fraction of sp³-hybridized carbons (Fsp3) is 0. The lowest BCUT2D eigenvalue weighted by atomic mass is 10.2. The molecule has 0 aliphatic rings. The number of benzene rings is 2. The molecule has 102 valence electrons. The van der Waals surface area contributed by atoms with Crippen LogP contribution in [0.1, 0.15) is 0 Å². The Bertz CT molecular complexity index is 809. The number of hydrogen-bond donors (Lipinski definition) is 0. The summed E-state index contributed by atoms with van der Waals surface area (Å²) in [5.41, 5.74) is 2.10. The molecule has 0 bridgehead atoms. The summed E-state index contributed by atoms with van der Waals surface area (Å²) in [4.78, 5) is 8.38. The Morgan fingerprint density at radius 3 is 2.00 bits per heavy atom. The summed E-state index contributed by atoms with van der Waals surface area (Å²) in [5, 5.41) is 2.37. The molecule has 2 aromatic carbocycles. The molecular formula is C18H13BrN2. The molecule has 0 spiro atoms. The molecule has 2 nitrogen and oxygen atoms in total. The number of rotatable bonds is 0. The van der Waals surface area contributed by atoms with Crippen molar-refractivity contribution < 1.29 is 0 Å². The molecule has 2 aromatic heterocycles. The van der Waals surface area contributed by atoms with Gasteiger partial charge in [-0.05, 0) is 36.4 Å². The summed E-state index contributed by atoms with van der Waals surface area (Å²) in [6.45, 7) is 0. The lowest BCUT2D eigenvalue weighted by Crippen LogP contribution is -1.75. The van der Waals surface area contributed by atoms with Crippen LogP contribution in [0.3, 0.4) is 0 Å². The Morgan fingerprint density at radius 1 is 0.619 bits per heavy atom. The second kappa shape index (κ2) is 6.46. The van der Waals surface area contributed by atoms with E-state index in [4.69, 9.17) is 0 Å². The van der Waals surface area contributed by atoms with E-state index in [1.165, 1.54) is 10.8 Å². The van der Waals surface area contributed by atoms with E-state index in [-0.39, 0.29) is 0 Å². The van der Waals surface area contributed by atoms with Gasteiger partial charge in [0.1, 0.15) is 0 Å². The monoisotopic (exact) mass is 336 g/mol. The number of nitrogens with zero attached hydrogens (tertiary/aromatic N) is 2. The molecule has 0 N–H and O–H groups in total. The first-order valence-electron chi connectivity index (χ1n) is 6.63. The zero-order valence-electron chi connectivity index (χ0n) is 11.3. The van der Waals surface area contributed by atoms with Crippen molar-refractivity contribution >= 4 is 37.7 Å². The highest BCUT2D eigenvalue weighted by Gasteiger charge is 1.92. The Hall–Kier alpha value is -2.26. The quantitative estimate of drug-likeness (QED) is 0.439. The number of hydrogen-bond acceptors (Lipinski definition) is 2. The largest absolute Gasteiger partial charge is 0.256 e. The number of halogens is 1. The van der Waals surface area contributed by atoms with Crippen LogP contribution in [0, 0.1) is 0 Å². The number of aromatic nitrogens is 2. The minimum absolute atomic E-state index is 1.04. The van der Waals surface area contributed by atoms with Gasteiger partial charge in [-0.3, -0.25) is 9.97 Å². The Balaban J connectivity index is 0.000000126. The van der Waals surface area contributed by atoms with Crippen LogP contribution in [0.5, 0.6) is 0 Å². The summed E-state index contributed by atoms with van der Waals surface area (Å²) in [7, 11) is 0. The summed E-state index contributed by atoms with van der Waals surface area (Å²) in [5.74, 6) is 0. The zero-order valence-corrected chi connectivity index (χ0v) is 12.9. The molecule has 2 heterocycles. The zero-order chi connectivity index (χ0) is 14.5. The van der Waals surface area contributed by atoms with E-state index < -0.39 is 0 Å². The third-order valence-corrected chi connectivity index (χ3v) is 3.57.